The van der Waals surface area contributed by atoms with Crippen LogP contribution in [0, 0.1) is 5.82 Å². The molecule has 1 N–H and O–H groups in total. The maximum absolute atomic E-state index is 14.7. The Kier molecular flexibility index (Phi) is 8.78. The van der Waals surface area contributed by atoms with Crippen molar-refractivity contribution in [3.8, 4) is 11.5 Å². The van der Waals surface area contributed by atoms with E-state index in [2.05, 4.69) is 15.3 Å². The smallest absolute Gasteiger partial charge is 0.251 e. The number of benzene rings is 1. The van der Waals surface area contributed by atoms with Gasteiger partial charge in [-0.2, -0.15) is 0 Å². The Morgan fingerprint density at radius 2 is 1.89 bits per heavy atom. The number of hydrogen-bond donors (Lipinski definition) is 1. The van der Waals surface area contributed by atoms with Crippen molar-refractivity contribution in [2.45, 2.75) is 42.4 Å². The first kappa shape index (κ1) is 32.2. The minimum Gasteiger partial charge on any atom is -0.489 e. The van der Waals surface area contributed by atoms with E-state index >= 15 is 0 Å². The van der Waals surface area contributed by atoms with E-state index in [-0.39, 0.29) is 24.8 Å². The normalized spacial score (nSPS) is 20.1. The van der Waals surface area contributed by atoms with Gasteiger partial charge >= 0.3 is 0 Å². The second kappa shape index (κ2) is 12.8. The molecule has 250 valence electrons. The summed E-state index contributed by atoms with van der Waals surface area (Å²) in [7, 11) is -4.53. The van der Waals surface area contributed by atoms with Crippen molar-refractivity contribution in [2.75, 3.05) is 42.6 Å². The molecule has 3 aliphatic rings. The number of nitrogens with one attached hydrogen (secondary N) is 1. The molecule has 2 atom stereocenters. The molecule has 7 rings (SSSR count). The fraction of sp³-hybridized carbons (Fsp3) is 0.355. The summed E-state index contributed by atoms with van der Waals surface area (Å²) in [5.74, 6) is -0.643. The number of rotatable bonds is 5. The number of pyridine rings is 3. The summed E-state index contributed by atoms with van der Waals surface area (Å²) < 4.78 is 79.1. The van der Waals surface area contributed by atoms with Crippen LogP contribution in [0.5, 0.6) is 11.5 Å². The Balaban J connectivity index is 0.00000225. The number of piperidine rings is 1. The van der Waals surface area contributed by atoms with Crippen molar-refractivity contribution >= 4 is 44.0 Å². The molecular weight excluding hydrogens is 644 g/mol. The fourth-order valence-corrected chi connectivity index (χ4v) is 7.20. The molecule has 3 aliphatic heterocycles. The number of alkyl halides is 2. The maximum atomic E-state index is 14.7. The minimum atomic E-state index is -4.53. The van der Waals surface area contributed by atoms with E-state index in [1.807, 2.05) is 28.0 Å². The number of fused-ring (bicyclic) bond motifs is 3. The zero-order valence-electron chi connectivity index (χ0n) is 24.9. The van der Waals surface area contributed by atoms with E-state index in [1.165, 1.54) is 0 Å². The highest BCUT2D eigenvalue weighted by Crippen LogP contribution is 2.38. The van der Waals surface area contributed by atoms with E-state index in [0.717, 1.165) is 36.2 Å². The highest BCUT2D eigenvalue weighted by Gasteiger charge is 2.35. The summed E-state index contributed by atoms with van der Waals surface area (Å²) in [6.45, 7) is 1.61. The lowest BCUT2D eigenvalue weighted by Gasteiger charge is -2.33. The predicted octanol–water partition coefficient (Wildman–Crippen LogP) is 4.81. The average Bonchev–Trinajstić information content (AvgIpc) is 3.17. The molecule has 1 saturated heterocycles. The second-order valence-corrected chi connectivity index (χ2v) is 13.3. The minimum absolute atomic E-state index is 0. The molecule has 1 fully saturated rings. The number of carbonyl (C=O) groups excluding carboxylic acids is 1. The number of sulfone groups is 1. The Hall–Kier alpha value is -4.73. The number of halogens is 4. The van der Waals surface area contributed by atoms with Crippen LogP contribution in [0.25, 0.3) is 10.9 Å². The van der Waals surface area contributed by atoms with E-state index < -0.39 is 50.3 Å². The van der Waals surface area contributed by atoms with Crippen molar-refractivity contribution in [3.63, 3.8) is 0 Å². The van der Waals surface area contributed by atoms with Crippen LogP contribution in [0.3, 0.4) is 0 Å². The zero-order chi connectivity index (χ0) is 32.0. The summed E-state index contributed by atoms with van der Waals surface area (Å²) in [5, 5.41) is 3.35. The molecule has 4 aromatic rings. The Bertz CT molecular complexity index is 1960. The van der Waals surface area contributed by atoms with Crippen LogP contribution in [-0.4, -0.2) is 73.8 Å². The maximum Gasteiger partial charge on any atom is 0.251 e. The molecule has 16 heteroatoms. The first-order valence-corrected chi connectivity index (χ1v) is 16.4. The standard InChI is InChI=1S/C31H29F3N6O5S.FH.H2/c32-20-2-1-6-39(17-20)22-13-25-30(36-16-22)40(7-9-44-25)28-4-3-18-14-35-21(12-24(18)38-28)15-37-31(41)19-10-23(33)29-26(11-19)46(42,43)27(34)5-8-45-29;;/h3-4,10-14,16,20,27H,1-2,5-9,15,17H2,(H,37,41);2*1H/t20-,27-;;/m1../s1. The van der Waals surface area contributed by atoms with Gasteiger partial charge < -0.3 is 24.6 Å². The monoisotopic (exact) mass is 676 g/mol. The highest BCUT2D eigenvalue weighted by molar-refractivity contribution is 7.92. The molecule has 0 spiro atoms. The van der Waals surface area contributed by atoms with Crippen molar-refractivity contribution in [1.82, 2.24) is 20.3 Å². The van der Waals surface area contributed by atoms with E-state index in [0.29, 0.717) is 54.7 Å². The van der Waals surface area contributed by atoms with Crippen molar-refractivity contribution < 1.29 is 42.0 Å². The SMILES string of the molecule is F.O=C(NCc1cc2nc(N3CCOc4cc(N5CCC[C@@H](F)C5)cnc43)ccc2cn1)c1cc(F)c2c(c1)S(=O)(=O)[C@@H](F)CCO2.[HH]. The predicted molar refractivity (Wildman–Crippen MR) is 167 cm³/mol. The topological polar surface area (TPSA) is 127 Å². The lowest BCUT2D eigenvalue weighted by Crippen LogP contribution is -2.36. The summed E-state index contributed by atoms with van der Waals surface area (Å²) in [6, 6.07) is 9.07. The lowest BCUT2D eigenvalue weighted by atomic mass is 10.1. The molecule has 0 bridgehead atoms. The van der Waals surface area contributed by atoms with Gasteiger partial charge in [-0.15, -0.1) is 0 Å². The lowest BCUT2D eigenvalue weighted by molar-refractivity contribution is 0.0949. The molecule has 1 amide bonds. The summed E-state index contributed by atoms with van der Waals surface area (Å²) >= 11 is 0. The molecule has 0 saturated carbocycles. The quantitative estimate of drug-likeness (QED) is 0.294. The molecule has 0 unspecified atom stereocenters. The number of ether oxygens (including phenoxy) is 2. The Labute approximate surface area is 268 Å². The van der Waals surface area contributed by atoms with Gasteiger partial charge in [-0.25, -0.2) is 31.6 Å². The highest BCUT2D eigenvalue weighted by atomic mass is 32.2. The fourth-order valence-electron chi connectivity index (χ4n) is 5.81. The van der Waals surface area contributed by atoms with Gasteiger partial charge in [0.15, 0.2) is 23.1 Å². The number of aromatic nitrogens is 3. The van der Waals surface area contributed by atoms with Crippen LogP contribution in [0.1, 0.15) is 36.7 Å². The molecule has 0 radical (unpaired) electrons. The van der Waals surface area contributed by atoms with E-state index in [1.54, 1.807) is 18.5 Å². The molecule has 11 nitrogen and oxygen atoms in total. The van der Waals surface area contributed by atoms with Crippen molar-refractivity contribution in [3.05, 3.63) is 65.9 Å². The largest absolute Gasteiger partial charge is 0.489 e. The van der Waals surface area contributed by atoms with Crippen LogP contribution < -0.4 is 24.6 Å². The van der Waals surface area contributed by atoms with Gasteiger partial charge in [0.1, 0.15) is 23.5 Å². The number of amides is 1. The number of nitrogens with zero attached hydrogens (tertiary/aromatic N) is 5. The van der Waals surface area contributed by atoms with Crippen LogP contribution >= 0.6 is 0 Å². The van der Waals surface area contributed by atoms with Gasteiger partial charge in [0.2, 0.25) is 15.3 Å². The van der Waals surface area contributed by atoms with E-state index in [4.69, 9.17) is 14.5 Å². The zero-order valence-corrected chi connectivity index (χ0v) is 25.7. The van der Waals surface area contributed by atoms with Crippen LogP contribution in [0.4, 0.5) is 35.2 Å². The van der Waals surface area contributed by atoms with Gasteiger partial charge in [0, 0.05) is 44.1 Å². The van der Waals surface area contributed by atoms with Crippen molar-refractivity contribution in [1.29, 1.82) is 0 Å². The summed E-state index contributed by atoms with van der Waals surface area (Å²) in [6.07, 6.45) is 3.35. The first-order valence-electron chi connectivity index (χ1n) is 14.8. The third-order valence-corrected chi connectivity index (χ3v) is 10.0. The summed E-state index contributed by atoms with van der Waals surface area (Å²) in [4.78, 5) is 30.0. The van der Waals surface area contributed by atoms with E-state index in [9.17, 15) is 26.4 Å². The molecule has 0 aliphatic carbocycles. The van der Waals surface area contributed by atoms with Gasteiger partial charge in [0.05, 0.1) is 42.8 Å². The number of hydrogen-bond acceptors (Lipinski definition) is 10. The summed E-state index contributed by atoms with van der Waals surface area (Å²) in [5.41, 5.74) is -0.724. The Morgan fingerprint density at radius 1 is 1.04 bits per heavy atom. The third-order valence-electron chi connectivity index (χ3n) is 8.20. The Morgan fingerprint density at radius 3 is 2.72 bits per heavy atom. The molecular formula is C31H32F4N6O5S. The first-order chi connectivity index (χ1) is 22.2. The molecule has 6 heterocycles. The van der Waals surface area contributed by atoms with Gasteiger partial charge in [-0.3, -0.25) is 14.5 Å². The average molecular weight is 677 g/mol. The number of anilines is 3. The van der Waals surface area contributed by atoms with Gasteiger partial charge in [0.25, 0.3) is 5.91 Å². The second-order valence-electron chi connectivity index (χ2n) is 11.3. The van der Waals surface area contributed by atoms with Gasteiger partial charge in [-0.1, -0.05) is 0 Å². The van der Waals surface area contributed by atoms with Crippen molar-refractivity contribution in [2.24, 2.45) is 0 Å². The molecule has 3 aromatic heterocycles. The van der Waals surface area contributed by atoms with Crippen LogP contribution in [0.15, 0.2) is 53.7 Å². The molecule has 47 heavy (non-hydrogen) atoms. The van der Waals surface area contributed by atoms with Crippen LogP contribution in [0.2, 0.25) is 0 Å². The third kappa shape index (κ3) is 6.21. The van der Waals surface area contributed by atoms with Crippen LogP contribution in [-0.2, 0) is 16.4 Å². The number of carbonyl (C=O) groups is 1. The molecule has 1 aromatic carbocycles. The van der Waals surface area contributed by atoms with Gasteiger partial charge in [-0.05, 0) is 43.2 Å².